The van der Waals surface area contributed by atoms with Gasteiger partial charge in [-0.1, -0.05) is 0 Å². The number of rotatable bonds is 6. The Balaban J connectivity index is 1.76. The van der Waals surface area contributed by atoms with Crippen molar-refractivity contribution in [2.45, 2.75) is 30.7 Å². The summed E-state index contributed by atoms with van der Waals surface area (Å²) in [6.45, 7) is 4.86. The molecule has 0 aliphatic carbocycles. The van der Waals surface area contributed by atoms with Crippen molar-refractivity contribution in [3.63, 3.8) is 0 Å². The van der Waals surface area contributed by atoms with Crippen molar-refractivity contribution in [2.75, 3.05) is 39.0 Å². The number of ether oxygens (including phenoxy) is 1. The SMILES string of the molecule is CCNC(=NCCSc1ccc(F)cc1)NC1CCN(C(=O)OC)CC1. The largest absolute Gasteiger partial charge is 0.453 e. The summed E-state index contributed by atoms with van der Waals surface area (Å²) in [5, 5.41) is 6.70. The number of carbonyl (C=O) groups excluding carboxylic acids is 1. The molecule has 1 aromatic carbocycles. The molecule has 1 heterocycles. The van der Waals surface area contributed by atoms with E-state index in [9.17, 15) is 9.18 Å². The van der Waals surface area contributed by atoms with Crippen LogP contribution in [0.25, 0.3) is 0 Å². The van der Waals surface area contributed by atoms with Crippen LogP contribution in [0.3, 0.4) is 0 Å². The number of likely N-dealkylation sites (tertiary alicyclic amines) is 1. The average molecular weight is 383 g/mol. The number of hydrogen-bond donors (Lipinski definition) is 2. The minimum Gasteiger partial charge on any atom is -0.453 e. The normalized spacial score (nSPS) is 15.7. The molecule has 1 aromatic rings. The number of halogens is 1. The van der Waals surface area contributed by atoms with Crippen LogP contribution in [0, 0.1) is 5.82 Å². The average Bonchev–Trinajstić information content (AvgIpc) is 2.66. The zero-order chi connectivity index (χ0) is 18.8. The van der Waals surface area contributed by atoms with E-state index in [1.54, 1.807) is 28.8 Å². The van der Waals surface area contributed by atoms with E-state index in [4.69, 9.17) is 4.74 Å². The summed E-state index contributed by atoms with van der Waals surface area (Å²) in [6.07, 6.45) is 1.47. The van der Waals surface area contributed by atoms with Crippen LogP contribution < -0.4 is 10.6 Å². The molecule has 1 aliphatic heterocycles. The summed E-state index contributed by atoms with van der Waals surface area (Å²) >= 11 is 1.65. The van der Waals surface area contributed by atoms with Gasteiger partial charge < -0.3 is 20.3 Å². The second-order valence-electron chi connectivity index (χ2n) is 5.94. The highest BCUT2D eigenvalue weighted by molar-refractivity contribution is 7.99. The van der Waals surface area contributed by atoms with Crippen LogP contribution in [-0.4, -0.2) is 62.0 Å². The van der Waals surface area contributed by atoms with Crippen molar-refractivity contribution in [3.05, 3.63) is 30.1 Å². The van der Waals surface area contributed by atoms with Gasteiger partial charge in [-0.15, -0.1) is 11.8 Å². The molecule has 0 saturated carbocycles. The molecule has 6 nitrogen and oxygen atoms in total. The van der Waals surface area contributed by atoms with E-state index in [0.29, 0.717) is 25.7 Å². The van der Waals surface area contributed by atoms with Crippen LogP contribution in [0.4, 0.5) is 9.18 Å². The zero-order valence-corrected chi connectivity index (χ0v) is 16.2. The Morgan fingerprint density at radius 3 is 2.65 bits per heavy atom. The molecule has 0 unspecified atom stereocenters. The van der Waals surface area contributed by atoms with Crippen LogP contribution in [-0.2, 0) is 4.74 Å². The molecule has 8 heteroatoms. The number of hydrogen-bond acceptors (Lipinski definition) is 4. The van der Waals surface area contributed by atoms with Crippen molar-refractivity contribution in [3.8, 4) is 0 Å². The van der Waals surface area contributed by atoms with Crippen LogP contribution in [0.5, 0.6) is 0 Å². The first-order chi connectivity index (χ1) is 12.6. The molecule has 0 radical (unpaired) electrons. The van der Waals surface area contributed by atoms with E-state index >= 15 is 0 Å². The Morgan fingerprint density at radius 1 is 1.35 bits per heavy atom. The highest BCUT2D eigenvalue weighted by atomic mass is 32.2. The first-order valence-electron chi connectivity index (χ1n) is 8.88. The van der Waals surface area contributed by atoms with Gasteiger partial charge in [0.2, 0.25) is 0 Å². The third kappa shape index (κ3) is 6.74. The van der Waals surface area contributed by atoms with Gasteiger partial charge >= 0.3 is 6.09 Å². The fourth-order valence-corrected chi connectivity index (χ4v) is 3.45. The Bertz CT molecular complexity index is 589. The minimum absolute atomic E-state index is 0.218. The van der Waals surface area contributed by atoms with E-state index in [1.165, 1.54) is 19.2 Å². The molecular formula is C18H27FN4O2S. The van der Waals surface area contributed by atoms with Crippen molar-refractivity contribution >= 4 is 23.8 Å². The fraction of sp³-hybridized carbons (Fsp3) is 0.556. The third-order valence-electron chi connectivity index (χ3n) is 4.06. The number of piperidine rings is 1. The molecule has 1 saturated heterocycles. The number of methoxy groups -OCH3 is 1. The van der Waals surface area contributed by atoms with Gasteiger partial charge in [-0.25, -0.2) is 9.18 Å². The predicted molar refractivity (Wildman–Crippen MR) is 103 cm³/mol. The number of carbonyl (C=O) groups is 1. The van der Waals surface area contributed by atoms with Crippen molar-refractivity contribution < 1.29 is 13.9 Å². The summed E-state index contributed by atoms with van der Waals surface area (Å²) in [6, 6.07) is 6.79. The maximum atomic E-state index is 12.9. The van der Waals surface area contributed by atoms with E-state index < -0.39 is 0 Å². The Morgan fingerprint density at radius 2 is 2.04 bits per heavy atom. The molecule has 2 rings (SSSR count). The lowest BCUT2D eigenvalue weighted by Crippen LogP contribution is -2.49. The van der Waals surface area contributed by atoms with Crippen molar-refractivity contribution in [2.24, 2.45) is 4.99 Å². The molecule has 144 valence electrons. The minimum atomic E-state index is -0.262. The maximum Gasteiger partial charge on any atom is 0.409 e. The van der Waals surface area contributed by atoms with Crippen LogP contribution in [0.2, 0.25) is 0 Å². The lowest BCUT2D eigenvalue weighted by atomic mass is 10.1. The van der Waals surface area contributed by atoms with Gasteiger partial charge in [0.1, 0.15) is 5.82 Å². The molecule has 0 aromatic heterocycles. The Hall–Kier alpha value is -1.96. The molecule has 0 atom stereocenters. The summed E-state index contributed by atoms with van der Waals surface area (Å²) < 4.78 is 17.7. The lowest BCUT2D eigenvalue weighted by Gasteiger charge is -2.32. The van der Waals surface area contributed by atoms with Gasteiger partial charge in [0, 0.05) is 36.3 Å². The highest BCUT2D eigenvalue weighted by Crippen LogP contribution is 2.17. The monoisotopic (exact) mass is 382 g/mol. The van der Waals surface area contributed by atoms with Crippen LogP contribution in [0.1, 0.15) is 19.8 Å². The van der Waals surface area contributed by atoms with Gasteiger partial charge in [0.25, 0.3) is 0 Å². The number of aliphatic imine (C=N–C) groups is 1. The van der Waals surface area contributed by atoms with E-state index in [1.807, 2.05) is 6.92 Å². The highest BCUT2D eigenvalue weighted by Gasteiger charge is 2.23. The first-order valence-corrected chi connectivity index (χ1v) is 9.87. The zero-order valence-electron chi connectivity index (χ0n) is 15.3. The molecule has 1 amide bonds. The number of benzene rings is 1. The fourth-order valence-electron chi connectivity index (χ4n) is 2.70. The summed E-state index contributed by atoms with van der Waals surface area (Å²) in [7, 11) is 1.41. The van der Waals surface area contributed by atoms with Gasteiger partial charge in [-0.2, -0.15) is 0 Å². The number of nitrogens with zero attached hydrogens (tertiary/aromatic N) is 2. The number of thioether (sulfide) groups is 1. The molecule has 26 heavy (non-hydrogen) atoms. The summed E-state index contributed by atoms with van der Waals surface area (Å²) in [4.78, 5) is 18.9. The van der Waals surface area contributed by atoms with Gasteiger partial charge in [-0.05, 0) is 44.0 Å². The number of guanidine groups is 1. The standard InChI is InChI=1S/C18H27FN4O2S/c1-3-20-17(21-10-13-26-16-6-4-14(19)5-7-16)22-15-8-11-23(12-9-15)18(24)25-2/h4-7,15H,3,8-13H2,1-2H3,(H2,20,21,22). The Labute approximate surface area is 158 Å². The van der Waals surface area contributed by atoms with Gasteiger partial charge in [-0.3, -0.25) is 4.99 Å². The molecule has 0 spiro atoms. The van der Waals surface area contributed by atoms with Crippen LogP contribution >= 0.6 is 11.8 Å². The summed E-state index contributed by atoms with van der Waals surface area (Å²) in [5.74, 6) is 1.40. The van der Waals surface area contributed by atoms with Crippen molar-refractivity contribution in [1.82, 2.24) is 15.5 Å². The maximum absolute atomic E-state index is 12.9. The van der Waals surface area contributed by atoms with Crippen molar-refractivity contribution in [1.29, 1.82) is 0 Å². The molecule has 2 N–H and O–H groups in total. The lowest BCUT2D eigenvalue weighted by molar-refractivity contribution is 0.111. The molecule has 1 aliphatic rings. The van der Waals surface area contributed by atoms with E-state index in [2.05, 4.69) is 15.6 Å². The smallest absolute Gasteiger partial charge is 0.409 e. The van der Waals surface area contributed by atoms with Crippen LogP contribution in [0.15, 0.2) is 34.2 Å². The second kappa shape index (κ2) is 10.9. The quantitative estimate of drug-likeness (QED) is 0.343. The first kappa shape index (κ1) is 20.4. The Kier molecular flexibility index (Phi) is 8.53. The number of amides is 1. The molecular weight excluding hydrogens is 355 g/mol. The predicted octanol–water partition coefficient (Wildman–Crippen LogP) is 2.70. The van der Waals surface area contributed by atoms with Gasteiger partial charge in [0.05, 0.1) is 13.7 Å². The summed E-state index contributed by atoms with van der Waals surface area (Å²) in [5.41, 5.74) is 0. The van der Waals surface area contributed by atoms with Gasteiger partial charge in [0.15, 0.2) is 5.96 Å². The topological polar surface area (TPSA) is 66.0 Å². The third-order valence-corrected chi connectivity index (χ3v) is 5.05. The molecule has 0 bridgehead atoms. The number of nitrogens with one attached hydrogen (secondary N) is 2. The molecule has 1 fully saturated rings. The van der Waals surface area contributed by atoms with E-state index in [-0.39, 0.29) is 11.9 Å². The second-order valence-corrected chi connectivity index (χ2v) is 7.11. The van der Waals surface area contributed by atoms with E-state index in [0.717, 1.165) is 36.0 Å².